The Kier molecular flexibility index (Phi) is 8.20. The fraction of sp³-hybridized carbons (Fsp3) is 0.0357. The molecule has 0 aliphatic rings. The highest BCUT2D eigenvalue weighted by atomic mass is 35.5. The number of nitrogens with zero attached hydrogens (tertiary/aromatic N) is 1. The van der Waals surface area contributed by atoms with Gasteiger partial charge in [-0.15, -0.1) is 0 Å². The molecule has 4 rings (SSSR count). The summed E-state index contributed by atoms with van der Waals surface area (Å²) in [5.74, 6) is -0.661. The third kappa shape index (κ3) is 7.06. The lowest BCUT2D eigenvalue weighted by Crippen LogP contribution is -2.18. The van der Waals surface area contributed by atoms with E-state index in [1.807, 2.05) is 6.92 Å². The summed E-state index contributed by atoms with van der Waals surface area (Å²) in [6, 6.07) is 25.4. The van der Waals surface area contributed by atoms with Crippen LogP contribution in [0.15, 0.2) is 107 Å². The van der Waals surface area contributed by atoms with Crippen LogP contribution in [0.1, 0.15) is 31.8 Å². The molecule has 38 heavy (non-hydrogen) atoms. The van der Waals surface area contributed by atoms with Crippen LogP contribution in [0.2, 0.25) is 5.02 Å². The molecular formula is C28H22ClN3O5S. The normalized spacial score (nSPS) is 11.2. The van der Waals surface area contributed by atoms with Gasteiger partial charge in [0.25, 0.3) is 15.9 Å². The second-order valence-electron chi connectivity index (χ2n) is 8.16. The van der Waals surface area contributed by atoms with Gasteiger partial charge in [0.15, 0.2) is 0 Å². The van der Waals surface area contributed by atoms with Crippen molar-refractivity contribution >= 4 is 45.4 Å². The Morgan fingerprint density at radius 2 is 1.55 bits per heavy atom. The maximum atomic E-state index is 12.5. The number of halogens is 1. The number of esters is 1. The fourth-order valence-corrected chi connectivity index (χ4v) is 4.50. The Labute approximate surface area is 225 Å². The number of benzene rings is 4. The molecule has 0 aliphatic carbocycles. The number of aryl methyl sites for hydroxylation is 1. The largest absolute Gasteiger partial charge is 0.423 e. The summed E-state index contributed by atoms with van der Waals surface area (Å²) < 4.78 is 32.9. The highest BCUT2D eigenvalue weighted by molar-refractivity contribution is 7.92. The van der Waals surface area contributed by atoms with E-state index >= 15 is 0 Å². The van der Waals surface area contributed by atoms with Crippen LogP contribution >= 0.6 is 11.6 Å². The van der Waals surface area contributed by atoms with E-state index < -0.39 is 21.9 Å². The van der Waals surface area contributed by atoms with Gasteiger partial charge in [0.05, 0.1) is 16.7 Å². The first-order valence-corrected chi connectivity index (χ1v) is 13.2. The molecule has 0 aliphatic heterocycles. The average Bonchev–Trinajstić information content (AvgIpc) is 2.90. The van der Waals surface area contributed by atoms with Crippen LogP contribution in [-0.4, -0.2) is 26.5 Å². The zero-order chi connectivity index (χ0) is 27.1. The van der Waals surface area contributed by atoms with E-state index in [1.54, 1.807) is 54.6 Å². The Balaban J connectivity index is 1.30. The third-order valence-electron chi connectivity index (χ3n) is 5.26. The Bertz CT molecular complexity index is 1590. The number of hydrogen-bond acceptors (Lipinski definition) is 6. The molecule has 192 valence electrons. The molecule has 10 heteroatoms. The molecule has 0 heterocycles. The molecule has 2 N–H and O–H groups in total. The van der Waals surface area contributed by atoms with Crippen LogP contribution in [0.4, 0.5) is 5.69 Å². The number of hydrazone groups is 1. The molecule has 0 aromatic heterocycles. The summed E-state index contributed by atoms with van der Waals surface area (Å²) in [4.78, 5) is 24.7. The molecule has 0 spiro atoms. The first-order chi connectivity index (χ1) is 18.2. The van der Waals surface area contributed by atoms with Crippen LogP contribution < -0.4 is 14.9 Å². The van der Waals surface area contributed by atoms with Gasteiger partial charge in [-0.1, -0.05) is 35.4 Å². The van der Waals surface area contributed by atoms with Crippen molar-refractivity contribution < 1.29 is 22.7 Å². The molecule has 4 aromatic rings. The van der Waals surface area contributed by atoms with Gasteiger partial charge < -0.3 is 4.74 Å². The van der Waals surface area contributed by atoms with Crippen molar-refractivity contribution in [3.63, 3.8) is 0 Å². The van der Waals surface area contributed by atoms with Gasteiger partial charge in [-0.25, -0.2) is 18.6 Å². The van der Waals surface area contributed by atoms with Gasteiger partial charge in [0.1, 0.15) is 5.75 Å². The van der Waals surface area contributed by atoms with E-state index in [0.717, 1.165) is 5.56 Å². The number of carbonyl (C=O) groups excluding carboxylic acids is 2. The number of sulfonamides is 1. The summed E-state index contributed by atoms with van der Waals surface area (Å²) in [7, 11) is -3.74. The van der Waals surface area contributed by atoms with Crippen LogP contribution in [0.3, 0.4) is 0 Å². The van der Waals surface area contributed by atoms with Crippen LogP contribution in [-0.2, 0) is 10.0 Å². The highest BCUT2D eigenvalue weighted by Crippen LogP contribution is 2.18. The van der Waals surface area contributed by atoms with E-state index in [-0.39, 0.29) is 4.90 Å². The van der Waals surface area contributed by atoms with Gasteiger partial charge in [0.2, 0.25) is 0 Å². The minimum atomic E-state index is -3.74. The standard InChI is InChI=1S/C28H22ClN3O5S/c1-19-5-15-26(16-6-19)38(35,36)32-24-11-9-21(10-12-24)27(33)31-30-18-20-7-13-25(14-8-20)37-28(34)22-3-2-4-23(29)17-22/h2-18,32H,1H3,(H,31,33)/b30-18+. The van der Waals surface area contributed by atoms with Crippen LogP contribution in [0.25, 0.3) is 0 Å². The lowest BCUT2D eigenvalue weighted by atomic mass is 10.2. The predicted molar refractivity (Wildman–Crippen MR) is 146 cm³/mol. The zero-order valence-electron chi connectivity index (χ0n) is 20.1. The van der Waals surface area contributed by atoms with Gasteiger partial charge in [-0.3, -0.25) is 9.52 Å². The molecule has 0 atom stereocenters. The summed E-state index contributed by atoms with van der Waals surface area (Å²) in [5, 5.41) is 4.37. The second-order valence-corrected chi connectivity index (χ2v) is 10.3. The van der Waals surface area contributed by atoms with E-state index in [0.29, 0.717) is 33.1 Å². The zero-order valence-corrected chi connectivity index (χ0v) is 21.7. The number of rotatable bonds is 8. The first-order valence-electron chi connectivity index (χ1n) is 11.3. The summed E-state index contributed by atoms with van der Waals surface area (Å²) >= 11 is 5.90. The number of nitrogens with one attached hydrogen (secondary N) is 2. The third-order valence-corrected chi connectivity index (χ3v) is 6.89. The van der Waals surface area contributed by atoms with Crippen LogP contribution in [0, 0.1) is 6.92 Å². The van der Waals surface area contributed by atoms with E-state index in [4.69, 9.17) is 16.3 Å². The van der Waals surface area contributed by atoms with E-state index in [2.05, 4.69) is 15.2 Å². The van der Waals surface area contributed by atoms with Gasteiger partial charge in [-0.05, 0) is 91.3 Å². The molecule has 0 radical (unpaired) electrons. The second kappa shape index (κ2) is 11.7. The predicted octanol–water partition coefficient (Wildman–Crippen LogP) is 5.43. The Morgan fingerprint density at radius 3 is 2.21 bits per heavy atom. The average molecular weight is 548 g/mol. The molecule has 0 fully saturated rings. The molecule has 4 aromatic carbocycles. The highest BCUT2D eigenvalue weighted by Gasteiger charge is 2.14. The number of anilines is 1. The molecule has 0 bridgehead atoms. The number of amides is 1. The number of ether oxygens (including phenoxy) is 1. The quantitative estimate of drug-likeness (QED) is 0.132. The van der Waals surface area contributed by atoms with Crippen molar-refractivity contribution in [2.75, 3.05) is 4.72 Å². The lowest BCUT2D eigenvalue weighted by molar-refractivity contribution is 0.0734. The topological polar surface area (TPSA) is 114 Å². The smallest absolute Gasteiger partial charge is 0.343 e. The van der Waals surface area contributed by atoms with E-state index in [1.165, 1.54) is 48.7 Å². The van der Waals surface area contributed by atoms with Gasteiger partial charge >= 0.3 is 5.97 Å². The molecule has 0 saturated carbocycles. The molecule has 1 amide bonds. The molecule has 8 nitrogen and oxygen atoms in total. The van der Waals surface area contributed by atoms with Crippen molar-refractivity contribution in [2.24, 2.45) is 5.10 Å². The number of hydrogen-bond donors (Lipinski definition) is 2. The van der Waals surface area contributed by atoms with Crippen molar-refractivity contribution in [3.05, 3.63) is 124 Å². The first kappa shape index (κ1) is 26.6. The summed E-state index contributed by atoms with van der Waals surface area (Å²) in [5.41, 5.74) is 4.98. The fourth-order valence-electron chi connectivity index (χ4n) is 3.25. The Morgan fingerprint density at radius 1 is 0.868 bits per heavy atom. The van der Waals surface area contributed by atoms with Crippen molar-refractivity contribution in [1.82, 2.24) is 5.43 Å². The minimum Gasteiger partial charge on any atom is -0.423 e. The molecular weight excluding hydrogens is 526 g/mol. The van der Waals surface area contributed by atoms with Crippen molar-refractivity contribution in [1.29, 1.82) is 0 Å². The van der Waals surface area contributed by atoms with Gasteiger partial charge in [0, 0.05) is 16.3 Å². The van der Waals surface area contributed by atoms with Crippen molar-refractivity contribution in [2.45, 2.75) is 11.8 Å². The maximum absolute atomic E-state index is 12.5. The van der Waals surface area contributed by atoms with Crippen molar-refractivity contribution in [3.8, 4) is 5.75 Å². The van der Waals surface area contributed by atoms with Crippen LogP contribution in [0.5, 0.6) is 5.75 Å². The SMILES string of the molecule is Cc1ccc(S(=O)(=O)Nc2ccc(C(=O)N/N=C/c3ccc(OC(=O)c4cccc(Cl)c4)cc3)cc2)cc1. The maximum Gasteiger partial charge on any atom is 0.343 e. The monoisotopic (exact) mass is 547 g/mol. The Hall–Kier alpha value is -4.47. The molecule has 0 unspecified atom stereocenters. The summed E-state index contributed by atoms with van der Waals surface area (Å²) in [6.45, 7) is 1.87. The summed E-state index contributed by atoms with van der Waals surface area (Å²) in [6.07, 6.45) is 1.44. The number of carbonyl (C=O) groups is 2. The molecule has 0 saturated heterocycles. The van der Waals surface area contributed by atoms with Gasteiger partial charge in [-0.2, -0.15) is 5.10 Å². The lowest BCUT2D eigenvalue weighted by Gasteiger charge is -2.09. The minimum absolute atomic E-state index is 0.145. The van der Waals surface area contributed by atoms with E-state index in [9.17, 15) is 18.0 Å².